The molecule has 4 heteroatoms. The summed E-state index contributed by atoms with van der Waals surface area (Å²) >= 11 is 0. The summed E-state index contributed by atoms with van der Waals surface area (Å²) in [5.74, 6) is 0. The van der Waals surface area contributed by atoms with Crippen molar-refractivity contribution in [3.63, 3.8) is 0 Å². The summed E-state index contributed by atoms with van der Waals surface area (Å²) in [6.07, 6.45) is 5.40. The van der Waals surface area contributed by atoms with Crippen molar-refractivity contribution in [2.75, 3.05) is 0 Å². The Morgan fingerprint density at radius 2 is 1.81 bits per heavy atom. The van der Waals surface area contributed by atoms with Crippen molar-refractivity contribution in [1.82, 2.24) is 0 Å². The Kier molecular flexibility index (Phi) is 4.61. The van der Waals surface area contributed by atoms with E-state index in [0.29, 0.717) is 0 Å². The molecule has 0 saturated heterocycles. The first-order valence-electron chi connectivity index (χ1n) is 6.59. The summed E-state index contributed by atoms with van der Waals surface area (Å²) in [5.41, 5.74) is 4.28. The maximum atomic E-state index is 10.6. The third-order valence-corrected chi connectivity index (χ3v) is 3.04. The van der Waals surface area contributed by atoms with Gasteiger partial charge in [0.1, 0.15) is 0 Å². The van der Waals surface area contributed by atoms with E-state index in [1.54, 1.807) is 18.3 Å². The van der Waals surface area contributed by atoms with Crippen LogP contribution in [0.5, 0.6) is 0 Å². The second kappa shape index (κ2) is 6.61. The Labute approximate surface area is 123 Å². The van der Waals surface area contributed by atoms with Gasteiger partial charge in [0.05, 0.1) is 10.6 Å². The molecular weight excluding hydrogens is 264 g/mol. The van der Waals surface area contributed by atoms with Crippen LogP contribution in [0.15, 0.2) is 53.5 Å². The molecule has 0 fully saturated rings. The predicted octanol–water partition coefficient (Wildman–Crippen LogP) is 4.63. The zero-order valence-electron chi connectivity index (χ0n) is 12.0. The Morgan fingerprint density at radius 3 is 2.43 bits per heavy atom. The molecular formula is C17H16N2O2. The fourth-order valence-electron chi connectivity index (χ4n) is 1.93. The maximum Gasteiger partial charge on any atom is 0.269 e. The molecule has 0 N–H and O–H groups in total. The summed E-state index contributed by atoms with van der Waals surface area (Å²) in [6, 6.07) is 12.5. The lowest BCUT2D eigenvalue weighted by atomic mass is 10.1. The average molecular weight is 280 g/mol. The van der Waals surface area contributed by atoms with Crippen LogP contribution in [0.4, 0.5) is 11.4 Å². The first-order valence-corrected chi connectivity index (χ1v) is 6.59. The highest BCUT2D eigenvalue weighted by Crippen LogP contribution is 2.19. The number of nitro benzene ring substituents is 1. The van der Waals surface area contributed by atoms with E-state index in [1.165, 1.54) is 17.7 Å². The molecule has 2 aromatic carbocycles. The Balaban J connectivity index is 2.04. The van der Waals surface area contributed by atoms with Gasteiger partial charge in [0.25, 0.3) is 5.69 Å². The molecule has 0 heterocycles. The van der Waals surface area contributed by atoms with E-state index in [4.69, 9.17) is 0 Å². The van der Waals surface area contributed by atoms with Crippen LogP contribution in [0.25, 0.3) is 6.08 Å². The van der Waals surface area contributed by atoms with Gasteiger partial charge in [-0.15, -0.1) is 0 Å². The van der Waals surface area contributed by atoms with Crippen molar-refractivity contribution in [2.45, 2.75) is 13.8 Å². The minimum Gasteiger partial charge on any atom is -0.258 e. The second-order valence-corrected chi connectivity index (χ2v) is 4.78. The van der Waals surface area contributed by atoms with E-state index < -0.39 is 4.92 Å². The molecule has 0 aliphatic carbocycles. The van der Waals surface area contributed by atoms with Gasteiger partial charge in [-0.1, -0.05) is 23.8 Å². The van der Waals surface area contributed by atoms with Crippen molar-refractivity contribution < 1.29 is 4.92 Å². The highest BCUT2D eigenvalue weighted by Gasteiger charge is 2.01. The average Bonchev–Trinajstić information content (AvgIpc) is 2.46. The topological polar surface area (TPSA) is 55.5 Å². The van der Waals surface area contributed by atoms with Crippen molar-refractivity contribution >= 4 is 23.7 Å². The molecule has 0 aliphatic heterocycles. The minimum absolute atomic E-state index is 0.0936. The van der Waals surface area contributed by atoms with E-state index in [-0.39, 0.29) is 5.69 Å². The van der Waals surface area contributed by atoms with Crippen LogP contribution in [0.3, 0.4) is 0 Å². The monoisotopic (exact) mass is 280 g/mol. The molecule has 0 amide bonds. The molecule has 0 saturated carbocycles. The summed E-state index contributed by atoms with van der Waals surface area (Å²) in [4.78, 5) is 14.5. The molecule has 0 bridgehead atoms. The lowest BCUT2D eigenvalue weighted by Gasteiger charge is -1.99. The van der Waals surface area contributed by atoms with E-state index in [2.05, 4.69) is 18.0 Å². The molecule has 106 valence electrons. The van der Waals surface area contributed by atoms with Gasteiger partial charge in [-0.05, 0) is 49.2 Å². The first kappa shape index (κ1) is 14.7. The quantitative estimate of drug-likeness (QED) is 0.466. The van der Waals surface area contributed by atoms with Gasteiger partial charge in [0.15, 0.2) is 0 Å². The smallest absolute Gasteiger partial charge is 0.258 e. The van der Waals surface area contributed by atoms with E-state index >= 15 is 0 Å². The van der Waals surface area contributed by atoms with Crippen LogP contribution in [-0.2, 0) is 0 Å². The third kappa shape index (κ3) is 4.11. The fourth-order valence-corrected chi connectivity index (χ4v) is 1.93. The maximum absolute atomic E-state index is 10.6. The van der Waals surface area contributed by atoms with Crippen molar-refractivity contribution in [3.05, 3.63) is 75.3 Å². The zero-order valence-corrected chi connectivity index (χ0v) is 12.0. The van der Waals surface area contributed by atoms with E-state index in [0.717, 1.165) is 16.8 Å². The third-order valence-electron chi connectivity index (χ3n) is 3.04. The first-order chi connectivity index (χ1) is 10.1. The Bertz CT molecular complexity index is 701. The number of nitrogens with zero attached hydrogens (tertiary/aromatic N) is 2. The molecule has 0 radical (unpaired) electrons. The van der Waals surface area contributed by atoms with Crippen LogP contribution in [-0.4, -0.2) is 11.1 Å². The fraction of sp³-hybridized carbons (Fsp3) is 0.118. The summed E-state index contributed by atoms with van der Waals surface area (Å²) in [7, 11) is 0. The number of non-ortho nitro benzene ring substituents is 1. The summed E-state index contributed by atoms with van der Waals surface area (Å²) in [5, 5.41) is 10.6. The van der Waals surface area contributed by atoms with Crippen LogP contribution in [0, 0.1) is 24.0 Å². The van der Waals surface area contributed by atoms with E-state index in [1.807, 2.05) is 31.2 Å². The van der Waals surface area contributed by atoms with Gasteiger partial charge in [0, 0.05) is 18.3 Å². The Hall–Kier alpha value is -2.75. The van der Waals surface area contributed by atoms with Crippen LogP contribution >= 0.6 is 0 Å². The lowest BCUT2D eigenvalue weighted by Crippen LogP contribution is -1.86. The number of benzene rings is 2. The number of hydrogen-bond acceptors (Lipinski definition) is 3. The largest absolute Gasteiger partial charge is 0.269 e. The lowest BCUT2D eigenvalue weighted by molar-refractivity contribution is -0.384. The predicted molar refractivity (Wildman–Crippen MR) is 86.2 cm³/mol. The normalized spacial score (nSPS) is 11.3. The van der Waals surface area contributed by atoms with Gasteiger partial charge < -0.3 is 0 Å². The number of rotatable bonds is 4. The van der Waals surface area contributed by atoms with Crippen LogP contribution < -0.4 is 0 Å². The second-order valence-electron chi connectivity index (χ2n) is 4.78. The van der Waals surface area contributed by atoms with Crippen LogP contribution in [0.1, 0.15) is 16.7 Å². The number of nitro groups is 1. The number of allylic oxidation sites excluding steroid dienone is 1. The highest BCUT2D eigenvalue weighted by atomic mass is 16.6. The molecule has 21 heavy (non-hydrogen) atoms. The number of aliphatic imine (C=N–C) groups is 1. The SMILES string of the molecule is Cc1ccc(N=CC=Cc2ccc([N+](=O)[O-])cc2)c(C)c1. The van der Waals surface area contributed by atoms with Gasteiger partial charge in [-0.25, -0.2) is 0 Å². The minimum atomic E-state index is -0.408. The molecule has 0 unspecified atom stereocenters. The van der Waals surface area contributed by atoms with Gasteiger partial charge in [-0.3, -0.25) is 15.1 Å². The summed E-state index contributed by atoms with van der Waals surface area (Å²) < 4.78 is 0. The number of hydrogen-bond donors (Lipinski definition) is 0. The van der Waals surface area contributed by atoms with Crippen molar-refractivity contribution in [3.8, 4) is 0 Å². The standard InChI is InChI=1S/C17H16N2O2/c1-13-5-10-17(14(2)12-13)18-11-3-4-15-6-8-16(9-7-15)19(20)21/h3-12H,1-2H3. The molecule has 4 nitrogen and oxygen atoms in total. The molecule has 0 atom stereocenters. The van der Waals surface area contributed by atoms with Crippen LogP contribution in [0.2, 0.25) is 0 Å². The zero-order chi connectivity index (χ0) is 15.2. The Morgan fingerprint density at radius 1 is 1.10 bits per heavy atom. The summed E-state index contributed by atoms with van der Waals surface area (Å²) in [6.45, 7) is 4.08. The van der Waals surface area contributed by atoms with E-state index in [9.17, 15) is 10.1 Å². The molecule has 2 rings (SSSR count). The molecule has 0 aliphatic rings. The van der Waals surface area contributed by atoms with Crippen molar-refractivity contribution in [1.29, 1.82) is 0 Å². The van der Waals surface area contributed by atoms with Gasteiger partial charge in [-0.2, -0.15) is 0 Å². The number of aryl methyl sites for hydroxylation is 2. The highest BCUT2D eigenvalue weighted by molar-refractivity contribution is 5.80. The molecule has 0 spiro atoms. The van der Waals surface area contributed by atoms with Gasteiger partial charge in [0.2, 0.25) is 0 Å². The van der Waals surface area contributed by atoms with Crippen molar-refractivity contribution in [2.24, 2.45) is 4.99 Å². The molecule has 0 aromatic heterocycles. The molecule has 2 aromatic rings. The van der Waals surface area contributed by atoms with Gasteiger partial charge >= 0.3 is 0 Å².